The third-order valence-corrected chi connectivity index (χ3v) is 0. The Hall–Kier alpha value is 2.04. The Morgan fingerprint density at radius 1 is 1.00 bits per heavy atom. The van der Waals surface area contributed by atoms with Crippen molar-refractivity contribution in [1.82, 2.24) is 0 Å². The van der Waals surface area contributed by atoms with Crippen LogP contribution in [0.25, 0.3) is 0 Å². The smallest absolute Gasteiger partial charge is 0.276 e. The van der Waals surface area contributed by atoms with E-state index in [1.165, 1.54) is 0 Å². The first-order chi connectivity index (χ1) is 4.56. The summed E-state index contributed by atoms with van der Waals surface area (Å²) in [6.07, 6.45) is 0. The Morgan fingerprint density at radius 3 is 1.00 bits per heavy atom. The largest absolute Gasteiger partial charge is 0.598 e. The van der Waals surface area contributed by atoms with Crippen LogP contribution in [-0.4, -0.2) is 0 Å². The predicted octanol–water partition coefficient (Wildman–Crippen LogP) is 1.77. The Balaban J connectivity index is -0.0000000750. The number of rotatable bonds is 0. The highest BCUT2D eigenvalue weighted by molar-refractivity contribution is 7.90. The van der Waals surface area contributed by atoms with Crippen LogP contribution in [-0.2, 0) is 4.57 Å². The lowest BCUT2D eigenvalue weighted by Crippen LogP contribution is -1.97. The lowest BCUT2D eigenvalue weighted by Gasteiger charge is -1.75. The van der Waals surface area contributed by atoms with Crippen LogP contribution in [0.4, 0.5) is 0 Å². The maximum Gasteiger partial charge on any atom is 0.276 e. The minimum atomic E-state index is -3.37. The second kappa shape index (κ2) is 22.5. The van der Waals surface area contributed by atoms with Crippen molar-refractivity contribution >= 4 is 67.8 Å². The Kier molecular flexibility index (Phi) is 40.3. The lowest BCUT2D eigenvalue weighted by atomic mass is 15.8. The molecule has 0 radical (unpaired) electrons. The van der Waals surface area contributed by atoms with Gasteiger partial charge in [-0.3, -0.25) is 0 Å². The van der Waals surface area contributed by atoms with Crippen LogP contribution in [0, 0.1) is 0 Å². The molecule has 0 unspecified atom stereocenters. The van der Waals surface area contributed by atoms with Crippen LogP contribution in [0.5, 0.6) is 0 Å². The van der Waals surface area contributed by atoms with E-state index < -0.39 is 8.25 Å². The molecule has 0 aliphatic carbocycles. The fraction of sp³-hybridized carbons (Fsp3) is 0. The molecular formula is H4Cl4O3P3+. The Labute approximate surface area is 82.1 Å². The third-order valence-electron chi connectivity index (χ3n) is 0. The monoisotopic (exact) mass is 285 g/mol. The first-order valence-corrected chi connectivity index (χ1v) is 9.50. The van der Waals surface area contributed by atoms with Gasteiger partial charge in [-0.25, -0.2) is 0 Å². The van der Waals surface area contributed by atoms with Crippen LogP contribution < -0.4 is 9.79 Å². The number of hydrogen-bond acceptors (Lipinski definition) is 3. The van der Waals surface area contributed by atoms with Crippen molar-refractivity contribution in [3.63, 3.8) is 0 Å². The summed E-state index contributed by atoms with van der Waals surface area (Å²) in [5.74, 6) is 0. The Morgan fingerprint density at radius 2 is 1.00 bits per heavy atom. The summed E-state index contributed by atoms with van der Waals surface area (Å²) >= 11 is 19.4. The molecular weight excluding hydrogens is 283 g/mol. The fourth-order valence-corrected chi connectivity index (χ4v) is 0. The van der Waals surface area contributed by atoms with E-state index in [1.807, 2.05) is 0 Å². The molecule has 0 heterocycles. The van der Waals surface area contributed by atoms with Crippen LogP contribution in [0.2, 0.25) is 0 Å². The van der Waals surface area contributed by atoms with E-state index >= 15 is 0 Å². The molecule has 10 heavy (non-hydrogen) atoms. The van der Waals surface area contributed by atoms with E-state index in [2.05, 4.69) is 0 Å². The molecule has 0 fully saturated rings. The third kappa shape index (κ3) is 197. The summed E-state index contributed by atoms with van der Waals surface area (Å²) in [6.45, 7) is 0. The summed E-state index contributed by atoms with van der Waals surface area (Å²) in [4.78, 5) is 17.0. The summed E-state index contributed by atoms with van der Waals surface area (Å²) in [6, 6.07) is 0. The van der Waals surface area contributed by atoms with Gasteiger partial charge in [-0.15, -0.1) is 0 Å². The van der Waals surface area contributed by atoms with Crippen molar-refractivity contribution in [3.8, 4) is 0 Å². The van der Waals surface area contributed by atoms with Gasteiger partial charge in [-0.05, 0) is 0 Å². The van der Waals surface area contributed by atoms with E-state index in [9.17, 15) is 0 Å². The van der Waals surface area contributed by atoms with Gasteiger partial charge < -0.3 is 9.79 Å². The molecule has 0 aromatic rings. The Bertz CT molecular complexity index is 53.7. The number of halogens is 4. The maximum atomic E-state index is 8.48. The van der Waals surface area contributed by atoms with Crippen molar-refractivity contribution in [3.05, 3.63) is 0 Å². The van der Waals surface area contributed by atoms with Crippen molar-refractivity contribution in [2.24, 2.45) is 0 Å². The molecule has 0 spiro atoms. The summed E-state index contributed by atoms with van der Waals surface area (Å²) < 4.78 is 8.48. The standard InChI is InChI=1S/2Cl2HP.HO3P/c2*1-3-2;1-4(2)3/h2*3H;(H,1,2,3)/p+1. The zero-order chi connectivity index (χ0) is 8.99. The first-order valence-electron chi connectivity index (χ1n) is 1.42. The molecule has 0 aliphatic heterocycles. The summed E-state index contributed by atoms with van der Waals surface area (Å²) in [5.41, 5.74) is 0. The maximum absolute atomic E-state index is 8.48. The SMILES string of the molecule is Cl[PH2+]Cl.Cl[PH2+]Cl.O=[P+]([O-])[O-]. The van der Waals surface area contributed by atoms with Crippen LogP contribution >= 0.6 is 67.8 Å². The van der Waals surface area contributed by atoms with E-state index in [0.29, 0.717) is 0 Å². The highest BCUT2D eigenvalue weighted by Crippen LogP contribution is 2.20. The first kappa shape index (κ1) is 18.0. The normalized spacial score (nSPS) is 6.20. The quantitative estimate of drug-likeness (QED) is 0.638. The van der Waals surface area contributed by atoms with Gasteiger partial charge in [0, 0.05) is 0 Å². The van der Waals surface area contributed by atoms with Gasteiger partial charge in [0.15, 0.2) is 14.6 Å². The van der Waals surface area contributed by atoms with Crippen LogP contribution in [0.15, 0.2) is 0 Å². The molecule has 0 atom stereocenters. The van der Waals surface area contributed by atoms with Gasteiger partial charge in [-0.1, -0.05) is 4.57 Å². The van der Waals surface area contributed by atoms with E-state index in [1.54, 1.807) is 0 Å². The molecule has 0 bridgehead atoms. The minimum absolute atomic E-state index is 0.306. The molecule has 10 heteroatoms. The summed E-state index contributed by atoms with van der Waals surface area (Å²) in [7, 11) is -3.98. The average Bonchev–Trinajstić information content (AvgIpc) is 1.65. The molecule has 0 aromatic carbocycles. The predicted molar refractivity (Wildman–Crippen MR) is 50.4 cm³/mol. The van der Waals surface area contributed by atoms with E-state index in [4.69, 9.17) is 59.3 Å². The van der Waals surface area contributed by atoms with Gasteiger partial charge in [-0.2, -0.15) is 0 Å². The zero-order valence-electron chi connectivity index (χ0n) is 4.34. The molecule has 64 valence electrons. The highest BCUT2D eigenvalue weighted by Gasteiger charge is 1.56. The van der Waals surface area contributed by atoms with Gasteiger partial charge in [0.1, 0.15) is 45.0 Å². The molecule has 0 amide bonds. The molecule has 0 rings (SSSR count). The zero-order valence-corrected chi connectivity index (χ0v) is 10.6. The van der Waals surface area contributed by atoms with Crippen molar-refractivity contribution in [2.45, 2.75) is 0 Å². The molecule has 0 saturated carbocycles. The van der Waals surface area contributed by atoms with Crippen molar-refractivity contribution < 1.29 is 14.4 Å². The molecule has 0 aliphatic rings. The minimum Gasteiger partial charge on any atom is -0.598 e. The van der Waals surface area contributed by atoms with Crippen molar-refractivity contribution in [1.29, 1.82) is 0 Å². The van der Waals surface area contributed by atoms with Crippen LogP contribution in [0.1, 0.15) is 0 Å². The second-order valence-electron chi connectivity index (χ2n) is 0.389. The van der Waals surface area contributed by atoms with Crippen LogP contribution in [0.3, 0.4) is 0 Å². The van der Waals surface area contributed by atoms with E-state index in [-0.39, 0.29) is 14.6 Å². The van der Waals surface area contributed by atoms with Gasteiger partial charge in [0.25, 0.3) is 8.25 Å². The average molecular weight is 287 g/mol. The molecule has 0 saturated heterocycles. The summed E-state index contributed by atoms with van der Waals surface area (Å²) in [5, 5.41) is 0. The van der Waals surface area contributed by atoms with Crippen molar-refractivity contribution in [2.75, 3.05) is 0 Å². The van der Waals surface area contributed by atoms with E-state index in [0.717, 1.165) is 0 Å². The van der Waals surface area contributed by atoms with Gasteiger partial charge in [0.05, 0.1) is 0 Å². The topological polar surface area (TPSA) is 63.2 Å². The van der Waals surface area contributed by atoms with Gasteiger partial charge >= 0.3 is 0 Å². The number of hydrogen-bond donors (Lipinski definition) is 0. The lowest BCUT2D eigenvalue weighted by molar-refractivity contribution is -0.297. The molecule has 0 N–H and O–H groups in total. The fourth-order valence-electron chi connectivity index (χ4n) is 0. The highest BCUT2D eigenvalue weighted by atomic mass is 35.9. The van der Waals surface area contributed by atoms with Gasteiger partial charge in [0.2, 0.25) is 0 Å². The molecule has 3 nitrogen and oxygen atoms in total. The molecule has 0 aromatic heterocycles. The second-order valence-corrected chi connectivity index (χ2v) is 5.12.